The molecule has 3 rings (SSSR count). The van der Waals surface area contributed by atoms with E-state index in [0.29, 0.717) is 41.0 Å². The molecule has 0 aliphatic rings. The van der Waals surface area contributed by atoms with E-state index < -0.39 is 5.82 Å². The fourth-order valence-corrected chi connectivity index (χ4v) is 2.61. The number of carbonyl (C=O) groups excluding carboxylic acids is 1. The lowest BCUT2D eigenvalue weighted by Crippen LogP contribution is -2.13. The van der Waals surface area contributed by atoms with Crippen molar-refractivity contribution in [3.8, 4) is 11.4 Å². The Morgan fingerprint density at radius 1 is 1.26 bits per heavy atom. The summed E-state index contributed by atoms with van der Waals surface area (Å²) < 4.78 is 21.8. The van der Waals surface area contributed by atoms with Gasteiger partial charge in [0.05, 0.1) is 12.3 Å². The molecule has 0 atom stereocenters. The van der Waals surface area contributed by atoms with E-state index >= 15 is 0 Å². The molecule has 0 bridgehead atoms. The summed E-state index contributed by atoms with van der Waals surface area (Å²) >= 11 is 0. The number of hydrogen-bond acceptors (Lipinski definition) is 3. The van der Waals surface area contributed by atoms with Gasteiger partial charge in [-0.1, -0.05) is 19.9 Å². The molecule has 27 heavy (non-hydrogen) atoms. The van der Waals surface area contributed by atoms with Crippen LogP contribution in [0.15, 0.2) is 54.9 Å². The zero-order valence-electron chi connectivity index (χ0n) is 15.6. The number of imidazole rings is 1. The van der Waals surface area contributed by atoms with Gasteiger partial charge in [0.15, 0.2) is 0 Å². The normalized spacial score (nSPS) is 10.9. The molecule has 1 aromatic heterocycles. The van der Waals surface area contributed by atoms with E-state index in [2.05, 4.69) is 24.1 Å². The number of benzene rings is 2. The number of amides is 1. The summed E-state index contributed by atoms with van der Waals surface area (Å²) in [7, 11) is 0. The predicted molar refractivity (Wildman–Crippen MR) is 103 cm³/mol. The van der Waals surface area contributed by atoms with Crippen molar-refractivity contribution >= 4 is 11.6 Å². The molecule has 1 heterocycles. The number of ether oxygens (including phenoxy) is 1. The fraction of sp³-hybridized carbons (Fsp3) is 0.238. The van der Waals surface area contributed by atoms with E-state index in [9.17, 15) is 9.18 Å². The standard InChI is InChI=1S/C21H22FN3O2/c1-14(2)13-27-18-6-4-5-16(11-18)21(26)24-17-7-8-20(19(22)12-17)25-10-9-23-15(25)3/h4-12,14H,13H2,1-3H3,(H,24,26). The first-order chi connectivity index (χ1) is 12.9. The van der Waals surface area contributed by atoms with Crippen LogP contribution in [0.5, 0.6) is 5.75 Å². The monoisotopic (exact) mass is 367 g/mol. The number of aryl methyl sites for hydroxylation is 1. The van der Waals surface area contributed by atoms with E-state index in [-0.39, 0.29) is 5.91 Å². The molecule has 0 saturated heterocycles. The number of aromatic nitrogens is 2. The van der Waals surface area contributed by atoms with Gasteiger partial charge in [-0.25, -0.2) is 9.37 Å². The lowest BCUT2D eigenvalue weighted by atomic mass is 10.2. The molecular formula is C21H22FN3O2. The summed E-state index contributed by atoms with van der Waals surface area (Å²) in [6.07, 6.45) is 3.30. The van der Waals surface area contributed by atoms with Crippen molar-refractivity contribution in [1.29, 1.82) is 0 Å². The van der Waals surface area contributed by atoms with Crippen molar-refractivity contribution in [1.82, 2.24) is 9.55 Å². The van der Waals surface area contributed by atoms with Crippen molar-refractivity contribution in [3.05, 3.63) is 72.1 Å². The van der Waals surface area contributed by atoms with Crippen molar-refractivity contribution in [2.75, 3.05) is 11.9 Å². The molecule has 3 aromatic rings. The van der Waals surface area contributed by atoms with Crippen molar-refractivity contribution in [2.45, 2.75) is 20.8 Å². The molecule has 140 valence electrons. The highest BCUT2D eigenvalue weighted by Gasteiger charge is 2.11. The van der Waals surface area contributed by atoms with Crippen molar-refractivity contribution in [2.24, 2.45) is 5.92 Å². The third-order valence-corrected chi connectivity index (χ3v) is 3.97. The van der Waals surface area contributed by atoms with Crippen LogP contribution < -0.4 is 10.1 Å². The summed E-state index contributed by atoms with van der Waals surface area (Å²) in [6.45, 7) is 6.48. The minimum Gasteiger partial charge on any atom is -0.493 e. The molecule has 0 aliphatic carbocycles. The predicted octanol–water partition coefficient (Wildman–Crippen LogP) is 4.61. The fourth-order valence-electron chi connectivity index (χ4n) is 2.61. The second kappa shape index (κ2) is 8.03. The first-order valence-corrected chi connectivity index (χ1v) is 8.78. The van der Waals surface area contributed by atoms with Crippen LogP contribution in [-0.4, -0.2) is 22.1 Å². The number of nitrogens with zero attached hydrogens (tertiary/aromatic N) is 2. The minimum absolute atomic E-state index is 0.323. The van der Waals surface area contributed by atoms with Crippen LogP contribution in [0.25, 0.3) is 5.69 Å². The number of nitrogens with one attached hydrogen (secondary N) is 1. The first-order valence-electron chi connectivity index (χ1n) is 8.78. The summed E-state index contributed by atoms with van der Waals surface area (Å²) in [4.78, 5) is 16.6. The van der Waals surface area contributed by atoms with E-state index in [1.807, 2.05) is 0 Å². The van der Waals surface area contributed by atoms with Gasteiger partial charge in [-0.3, -0.25) is 4.79 Å². The van der Waals surface area contributed by atoms with E-state index in [1.54, 1.807) is 60.3 Å². The molecule has 6 heteroatoms. The Balaban J connectivity index is 1.74. The van der Waals surface area contributed by atoms with Crippen molar-refractivity contribution in [3.63, 3.8) is 0 Å². The summed E-state index contributed by atoms with van der Waals surface area (Å²) in [5.74, 6) is 0.944. The number of carbonyl (C=O) groups is 1. The zero-order chi connectivity index (χ0) is 19.4. The van der Waals surface area contributed by atoms with Gasteiger partial charge >= 0.3 is 0 Å². The zero-order valence-corrected chi connectivity index (χ0v) is 15.6. The maximum Gasteiger partial charge on any atom is 0.255 e. The average Bonchev–Trinajstić information content (AvgIpc) is 3.06. The minimum atomic E-state index is -0.442. The van der Waals surface area contributed by atoms with Gasteiger partial charge in [-0.2, -0.15) is 0 Å². The second-order valence-corrected chi connectivity index (χ2v) is 6.70. The Morgan fingerprint density at radius 3 is 2.74 bits per heavy atom. The van der Waals surface area contributed by atoms with Crippen LogP contribution in [0.4, 0.5) is 10.1 Å². The van der Waals surface area contributed by atoms with Crippen molar-refractivity contribution < 1.29 is 13.9 Å². The maximum absolute atomic E-state index is 14.5. The highest BCUT2D eigenvalue weighted by atomic mass is 19.1. The third kappa shape index (κ3) is 4.53. The van der Waals surface area contributed by atoms with Gasteiger partial charge in [0.1, 0.15) is 17.4 Å². The van der Waals surface area contributed by atoms with Gasteiger partial charge in [-0.15, -0.1) is 0 Å². The largest absolute Gasteiger partial charge is 0.493 e. The van der Waals surface area contributed by atoms with Gasteiger partial charge in [0.25, 0.3) is 5.91 Å². The smallest absolute Gasteiger partial charge is 0.255 e. The van der Waals surface area contributed by atoms with Gasteiger partial charge in [0.2, 0.25) is 0 Å². The SMILES string of the molecule is Cc1nccn1-c1ccc(NC(=O)c2cccc(OCC(C)C)c2)cc1F. The molecule has 5 nitrogen and oxygen atoms in total. The molecule has 0 fully saturated rings. The Hall–Kier alpha value is -3.15. The number of anilines is 1. The maximum atomic E-state index is 14.5. The van der Waals surface area contributed by atoms with E-state index in [4.69, 9.17) is 4.74 Å². The van der Waals surface area contributed by atoms with Crippen LogP contribution in [-0.2, 0) is 0 Å². The van der Waals surface area contributed by atoms with Gasteiger partial charge < -0.3 is 14.6 Å². The Morgan fingerprint density at radius 2 is 2.07 bits per heavy atom. The third-order valence-electron chi connectivity index (χ3n) is 3.97. The summed E-state index contributed by atoms with van der Waals surface area (Å²) in [5.41, 5.74) is 1.21. The van der Waals surface area contributed by atoms with Crippen LogP contribution in [0.2, 0.25) is 0 Å². The molecule has 1 N–H and O–H groups in total. The summed E-state index contributed by atoms with van der Waals surface area (Å²) in [5, 5.41) is 2.72. The lowest BCUT2D eigenvalue weighted by molar-refractivity contribution is 0.102. The quantitative estimate of drug-likeness (QED) is 0.692. The Kier molecular flexibility index (Phi) is 5.54. The molecule has 0 radical (unpaired) electrons. The highest BCUT2D eigenvalue weighted by molar-refractivity contribution is 6.04. The molecule has 0 aliphatic heterocycles. The lowest BCUT2D eigenvalue weighted by Gasteiger charge is -2.11. The average molecular weight is 367 g/mol. The molecule has 0 saturated carbocycles. The molecule has 0 spiro atoms. The molecule has 0 unspecified atom stereocenters. The Labute approximate surface area is 157 Å². The number of rotatable bonds is 6. The second-order valence-electron chi connectivity index (χ2n) is 6.70. The van der Waals surface area contributed by atoms with Crippen LogP contribution in [0.1, 0.15) is 30.0 Å². The van der Waals surface area contributed by atoms with E-state index in [0.717, 1.165) is 0 Å². The van der Waals surface area contributed by atoms with E-state index in [1.165, 1.54) is 6.07 Å². The van der Waals surface area contributed by atoms with Crippen LogP contribution in [0.3, 0.4) is 0 Å². The molecule has 1 amide bonds. The number of halogens is 1. The first kappa shape index (κ1) is 18.6. The Bertz CT molecular complexity index is 950. The molecule has 2 aromatic carbocycles. The van der Waals surface area contributed by atoms with Gasteiger partial charge in [0, 0.05) is 23.6 Å². The molecular weight excluding hydrogens is 345 g/mol. The number of hydrogen-bond donors (Lipinski definition) is 1. The summed E-state index contributed by atoms with van der Waals surface area (Å²) in [6, 6.07) is 11.5. The highest BCUT2D eigenvalue weighted by Crippen LogP contribution is 2.21. The topological polar surface area (TPSA) is 56.2 Å². The van der Waals surface area contributed by atoms with Crippen LogP contribution >= 0.6 is 0 Å². The van der Waals surface area contributed by atoms with Gasteiger partial charge in [-0.05, 0) is 49.2 Å². The van der Waals surface area contributed by atoms with Crippen LogP contribution in [0, 0.1) is 18.7 Å².